The highest BCUT2D eigenvalue weighted by atomic mass is 32.2. The summed E-state index contributed by atoms with van der Waals surface area (Å²) >= 11 is 0. The molecule has 1 N–H and O–H groups in total. The largest absolute Gasteiger partial charge is 0.349 e. The summed E-state index contributed by atoms with van der Waals surface area (Å²) in [6, 6.07) is 27.6. The van der Waals surface area contributed by atoms with E-state index in [1.54, 1.807) is 18.2 Å². The van der Waals surface area contributed by atoms with E-state index in [-0.39, 0.29) is 29.0 Å². The Balaban J connectivity index is 1.36. The van der Waals surface area contributed by atoms with Gasteiger partial charge >= 0.3 is 0 Å². The zero-order valence-electron chi connectivity index (χ0n) is 19.8. The number of amides is 1. The highest BCUT2D eigenvalue weighted by Gasteiger charge is 2.28. The Morgan fingerprint density at radius 2 is 1.67 bits per heavy atom. The molecule has 1 unspecified atom stereocenters. The van der Waals surface area contributed by atoms with Crippen LogP contribution >= 0.6 is 0 Å². The number of carbonyl (C=O) groups is 2. The van der Waals surface area contributed by atoms with E-state index in [2.05, 4.69) is 5.32 Å². The molecule has 0 aliphatic heterocycles. The number of fused-ring (bicyclic) bond motifs is 2. The minimum absolute atomic E-state index is 0.0646. The van der Waals surface area contributed by atoms with Gasteiger partial charge in [-0.25, -0.2) is 8.42 Å². The molecule has 0 aromatic heterocycles. The molecule has 0 spiro atoms. The van der Waals surface area contributed by atoms with Crippen molar-refractivity contribution in [2.45, 2.75) is 36.1 Å². The predicted octanol–water partition coefficient (Wildman–Crippen LogP) is 5.40. The van der Waals surface area contributed by atoms with Crippen molar-refractivity contribution in [3.8, 4) is 0 Å². The van der Waals surface area contributed by atoms with Crippen LogP contribution in [0.25, 0.3) is 10.8 Å². The van der Waals surface area contributed by atoms with Crippen molar-refractivity contribution >= 4 is 32.8 Å². The lowest BCUT2D eigenvalue weighted by atomic mass is 9.97. The molecule has 6 heteroatoms. The van der Waals surface area contributed by atoms with Gasteiger partial charge in [0, 0.05) is 17.9 Å². The van der Waals surface area contributed by atoms with Crippen LogP contribution in [0.2, 0.25) is 0 Å². The molecule has 1 aliphatic rings. The van der Waals surface area contributed by atoms with Crippen LogP contribution in [0.15, 0.2) is 95.9 Å². The molecule has 182 valence electrons. The maximum absolute atomic E-state index is 13.4. The Morgan fingerprint density at radius 3 is 2.44 bits per heavy atom. The lowest BCUT2D eigenvalue weighted by molar-refractivity contribution is -0.122. The SMILES string of the molecule is O=Cc1ccc2c(c1)CC[C@H]2NC(=O)CC(CS(=O)(=O)c1ccc2ccccc2c1)c1ccccc1. The summed E-state index contributed by atoms with van der Waals surface area (Å²) in [5.41, 5.74) is 3.54. The van der Waals surface area contributed by atoms with E-state index >= 15 is 0 Å². The molecular weight excluding hydrogens is 470 g/mol. The van der Waals surface area contributed by atoms with Crippen LogP contribution in [0.5, 0.6) is 0 Å². The van der Waals surface area contributed by atoms with Gasteiger partial charge < -0.3 is 5.32 Å². The second-order valence-electron chi connectivity index (χ2n) is 9.34. The van der Waals surface area contributed by atoms with Crippen LogP contribution < -0.4 is 5.32 Å². The van der Waals surface area contributed by atoms with E-state index in [1.807, 2.05) is 72.8 Å². The summed E-state index contributed by atoms with van der Waals surface area (Å²) in [6.07, 6.45) is 2.44. The summed E-state index contributed by atoms with van der Waals surface area (Å²) in [4.78, 5) is 24.5. The molecule has 0 radical (unpaired) electrons. The number of sulfone groups is 1. The molecule has 0 saturated carbocycles. The number of benzene rings is 4. The molecule has 1 amide bonds. The average molecular weight is 498 g/mol. The number of hydrogen-bond donors (Lipinski definition) is 1. The molecule has 4 aromatic rings. The molecular formula is C30H27NO4S. The summed E-state index contributed by atoms with van der Waals surface area (Å²) in [5.74, 6) is -0.830. The van der Waals surface area contributed by atoms with Crippen molar-refractivity contribution < 1.29 is 18.0 Å². The minimum Gasteiger partial charge on any atom is -0.349 e. The van der Waals surface area contributed by atoms with Crippen LogP contribution in [0.4, 0.5) is 0 Å². The van der Waals surface area contributed by atoms with Gasteiger partial charge in [0.2, 0.25) is 5.91 Å². The number of aldehydes is 1. The van der Waals surface area contributed by atoms with Crippen molar-refractivity contribution in [2.75, 3.05) is 5.75 Å². The Morgan fingerprint density at radius 1 is 0.917 bits per heavy atom. The normalized spacial score (nSPS) is 15.8. The second-order valence-corrected chi connectivity index (χ2v) is 11.4. The van der Waals surface area contributed by atoms with E-state index in [0.29, 0.717) is 5.56 Å². The van der Waals surface area contributed by atoms with Crippen LogP contribution in [0, 0.1) is 0 Å². The van der Waals surface area contributed by atoms with Crippen molar-refractivity contribution in [1.82, 2.24) is 5.32 Å². The second kappa shape index (κ2) is 10.1. The van der Waals surface area contributed by atoms with Crippen LogP contribution in [0.1, 0.15) is 51.8 Å². The van der Waals surface area contributed by atoms with Crippen LogP contribution in [0.3, 0.4) is 0 Å². The van der Waals surface area contributed by atoms with Gasteiger partial charge in [0.25, 0.3) is 0 Å². The van der Waals surface area contributed by atoms with Crippen molar-refractivity contribution in [3.63, 3.8) is 0 Å². The number of rotatable bonds is 8. The third kappa shape index (κ3) is 5.09. The van der Waals surface area contributed by atoms with Crippen molar-refractivity contribution in [2.24, 2.45) is 0 Å². The zero-order chi connectivity index (χ0) is 25.1. The monoisotopic (exact) mass is 497 g/mol. The van der Waals surface area contributed by atoms with Gasteiger partial charge in [-0.1, -0.05) is 72.8 Å². The highest BCUT2D eigenvalue weighted by Crippen LogP contribution is 2.33. The van der Waals surface area contributed by atoms with Gasteiger partial charge in [-0.15, -0.1) is 0 Å². The Bertz CT molecular complexity index is 1530. The highest BCUT2D eigenvalue weighted by molar-refractivity contribution is 7.91. The fraction of sp³-hybridized carbons (Fsp3) is 0.200. The maximum Gasteiger partial charge on any atom is 0.221 e. The van der Waals surface area contributed by atoms with E-state index in [1.165, 1.54) is 0 Å². The first kappa shape index (κ1) is 23.9. The van der Waals surface area contributed by atoms with E-state index in [0.717, 1.165) is 46.6 Å². The molecule has 0 fully saturated rings. The van der Waals surface area contributed by atoms with Gasteiger partial charge in [0.15, 0.2) is 9.84 Å². The first-order valence-corrected chi connectivity index (χ1v) is 13.7. The standard InChI is InChI=1S/C30H27NO4S/c32-19-21-10-14-28-25(16-21)12-15-29(28)31-30(33)18-26(22-6-2-1-3-7-22)20-36(34,35)27-13-11-23-8-4-5-9-24(23)17-27/h1-11,13-14,16-17,19,26,29H,12,15,18,20H2,(H,31,33)/t26?,29-/m1/s1. The summed E-state index contributed by atoms with van der Waals surface area (Å²) in [6.45, 7) is 0. The van der Waals surface area contributed by atoms with Crippen molar-refractivity contribution in [3.05, 3.63) is 113 Å². The first-order valence-electron chi connectivity index (χ1n) is 12.1. The predicted molar refractivity (Wildman–Crippen MR) is 141 cm³/mol. The minimum atomic E-state index is -3.64. The zero-order valence-corrected chi connectivity index (χ0v) is 20.6. The molecule has 1 aliphatic carbocycles. The molecule has 2 atom stereocenters. The quantitative estimate of drug-likeness (QED) is 0.331. The number of hydrogen-bond acceptors (Lipinski definition) is 4. The summed E-state index contributed by atoms with van der Waals surface area (Å²) in [5, 5.41) is 4.95. The molecule has 36 heavy (non-hydrogen) atoms. The van der Waals surface area contributed by atoms with E-state index < -0.39 is 15.8 Å². The molecule has 4 aromatic carbocycles. The van der Waals surface area contributed by atoms with Gasteiger partial charge in [-0.3, -0.25) is 9.59 Å². The topological polar surface area (TPSA) is 80.3 Å². The third-order valence-corrected chi connectivity index (χ3v) is 8.73. The fourth-order valence-corrected chi connectivity index (χ4v) is 6.67. The Labute approximate surface area is 211 Å². The number of nitrogens with one attached hydrogen (secondary N) is 1. The van der Waals surface area contributed by atoms with Gasteiger partial charge in [-0.2, -0.15) is 0 Å². The van der Waals surface area contributed by atoms with E-state index in [9.17, 15) is 18.0 Å². The Hall–Kier alpha value is -3.77. The lowest BCUT2D eigenvalue weighted by Crippen LogP contribution is -2.30. The third-order valence-electron chi connectivity index (χ3n) is 6.92. The van der Waals surface area contributed by atoms with Crippen molar-refractivity contribution in [1.29, 1.82) is 0 Å². The number of aryl methyl sites for hydroxylation is 1. The first-order chi connectivity index (χ1) is 17.4. The van der Waals surface area contributed by atoms with Gasteiger partial charge in [0.1, 0.15) is 6.29 Å². The lowest BCUT2D eigenvalue weighted by Gasteiger charge is -2.20. The van der Waals surface area contributed by atoms with Crippen LogP contribution in [-0.2, 0) is 21.1 Å². The van der Waals surface area contributed by atoms with E-state index in [4.69, 9.17) is 0 Å². The molecule has 5 nitrogen and oxygen atoms in total. The fourth-order valence-electron chi connectivity index (χ4n) is 5.06. The smallest absolute Gasteiger partial charge is 0.221 e. The number of carbonyl (C=O) groups excluding carboxylic acids is 2. The maximum atomic E-state index is 13.4. The Kier molecular flexibility index (Phi) is 6.70. The average Bonchev–Trinajstić information content (AvgIpc) is 3.30. The summed E-state index contributed by atoms with van der Waals surface area (Å²) < 4.78 is 26.9. The molecule has 0 heterocycles. The molecule has 0 saturated heterocycles. The molecule has 0 bridgehead atoms. The van der Waals surface area contributed by atoms with Gasteiger partial charge in [0.05, 0.1) is 16.7 Å². The molecule has 5 rings (SSSR count). The van der Waals surface area contributed by atoms with Crippen LogP contribution in [-0.4, -0.2) is 26.4 Å². The summed E-state index contributed by atoms with van der Waals surface area (Å²) in [7, 11) is -3.64. The van der Waals surface area contributed by atoms with Gasteiger partial charge in [-0.05, 0) is 58.5 Å².